The molecular weight excluding hydrogens is 232 g/mol. The van der Waals surface area contributed by atoms with Gasteiger partial charge in [0.15, 0.2) is 5.13 Å². The van der Waals surface area contributed by atoms with Gasteiger partial charge in [0.25, 0.3) is 0 Å². The zero-order chi connectivity index (χ0) is 12.3. The molecule has 0 spiro atoms. The summed E-state index contributed by atoms with van der Waals surface area (Å²) in [6.45, 7) is 6.82. The number of hydrogen-bond donors (Lipinski definition) is 1. The summed E-state index contributed by atoms with van der Waals surface area (Å²) in [4.78, 5) is 5.48. The van der Waals surface area contributed by atoms with Gasteiger partial charge < -0.3 is 10.1 Å². The Morgan fingerprint density at radius 3 is 2.82 bits per heavy atom. The maximum atomic E-state index is 5.63. The average Bonchev–Trinajstić information content (AvgIpc) is 2.76. The van der Waals surface area contributed by atoms with Crippen molar-refractivity contribution in [2.45, 2.75) is 52.6 Å². The first-order valence-electron chi connectivity index (χ1n) is 6.63. The number of hydrogen-bond acceptors (Lipinski definition) is 4. The standard InChI is InChI=1S/C13H24N2OS/c1-3-5-6-7-8-9-16-11-12-10-15-13(17-12)14-4-2/h10H,3-9,11H2,1-2H3,(H,14,15). The van der Waals surface area contributed by atoms with Crippen LogP contribution in [0.15, 0.2) is 6.20 Å². The summed E-state index contributed by atoms with van der Waals surface area (Å²) in [5.74, 6) is 0. The van der Waals surface area contributed by atoms with E-state index >= 15 is 0 Å². The lowest BCUT2D eigenvalue weighted by Gasteiger charge is -2.02. The number of aromatic nitrogens is 1. The van der Waals surface area contributed by atoms with Crippen LogP contribution >= 0.6 is 11.3 Å². The van der Waals surface area contributed by atoms with Gasteiger partial charge in [0, 0.05) is 19.3 Å². The monoisotopic (exact) mass is 256 g/mol. The fourth-order valence-corrected chi connectivity index (χ4v) is 2.41. The summed E-state index contributed by atoms with van der Waals surface area (Å²) >= 11 is 1.68. The molecule has 1 aromatic rings. The number of ether oxygens (including phenoxy) is 1. The van der Waals surface area contributed by atoms with E-state index in [9.17, 15) is 0 Å². The Morgan fingerprint density at radius 1 is 1.24 bits per heavy atom. The van der Waals surface area contributed by atoms with Crippen molar-refractivity contribution in [3.63, 3.8) is 0 Å². The van der Waals surface area contributed by atoms with Crippen LogP contribution in [0.1, 0.15) is 50.8 Å². The van der Waals surface area contributed by atoms with Gasteiger partial charge in [-0.15, -0.1) is 0 Å². The molecule has 0 radical (unpaired) electrons. The van der Waals surface area contributed by atoms with E-state index in [-0.39, 0.29) is 0 Å². The molecule has 0 saturated carbocycles. The molecule has 0 aliphatic rings. The summed E-state index contributed by atoms with van der Waals surface area (Å²) in [6.07, 6.45) is 8.36. The lowest BCUT2D eigenvalue weighted by atomic mass is 10.2. The van der Waals surface area contributed by atoms with E-state index in [2.05, 4.69) is 24.1 Å². The molecule has 4 heteroatoms. The van der Waals surface area contributed by atoms with Crippen LogP contribution in [-0.2, 0) is 11.3 Å². The predicted octanol–water partition coefficient (Wildman–Crippen LogP) is 4.06. The Labute approximate surface area is 109 Å². The lowest BCUT2D eigenvalue weighted by Crippen LogP contribution is -1.94. The van der Waals surface area contributed by atoms with Gasteiger partial charge in [0.05, 0.1) is 11.5 Å². The molecule has 0 fully saturated rings. The van der Waals surface area contributed by atoms with Crippen molar-refractivity contribution in [3.05, 3.63) is 11.1 Å². The van der Waals surface area contributed by atoms with E-state index in [1.54, 1.807) is 11.3 Å². The highest BCUT2D eigenvalue weighted by Gasteiger charge is 2.00. The number of rotatable bonds is 10. The third kappa shape index (κ3) is 6.64. The van der Waals surface area contributed by atoms with Crippen LogP contribution in [0.5, 0.6) is 0 Å². The van der Waals surface area contributed by atoms with E-state index in [1.165, 1.54) is 37.0 Å². The van der Waals surface area contributed by atoms with E-state index in [0.717, 1.165) is 18.3 Å². The van der Waals surface area contributed by atoms with Crippen LogP contribution in [0.2, 0.25) is 0 Å². The maximum absolute atomic E-state index is 5.63. The van der Waals surface area contributed by atoms with Crippen molar-refractivity contribution in [3.8, 4) is 0 Å². The van der Waals surface area contributed by atoms with Crippen molar-refractivity contribution >= 4 is 16.5 Å². The van der Waals surface area contributed by atoms with Gasteiger partial charge >= 0.3 is 0 Å². The van der Waals surface area contributed by atoms with Crippen LogP contribution in [0.25, 0.3) is 0 Å². The average molecular weight is 256 g/mol. The van der Waals surface area contributed by atoms with Crippen LogP contribution in [-0.4, -0.2) is 18.1 Å². The van der Waals surface area contributed by atoms with Gasteiger partial charge in [-0.05, 0) is 13.3 Å². The SMILES string of the molecule is CCCCCCCOCc1cnc(NCC)s1. The van der Waals surface area contributed by atoms with Crippen LogP contribution in [0, 0.1) is 0 Å². The van der Waals surface area contributed by atoms with Crippen molar-refractivity contribution in [2.75, 3.05) is 18.5 Å². The van der Waals surface area contributed by atoms with Crippen molar-refractivity contribution < 1.29 is 4.74 Å². The second kappa shape index (κ2) is 9.42. The molecule has 0 aliphatic carbocycles. The second-order valence-electron chi connectivity index (χ2n) is 4.13. The number of anilines is 1. The number of unbranched alkanes of at least 4 members (excludes halogenated alkanes) is 4. The molecule has 3 nitrogen and oxygen atoms in total. The van der Waals surface area contributed by atoms with Crippen molar-refractivity contribution in [1.82, 2.24) is 4.98 Å². The Bertz CT molecular complexity index is 289. The summed E-state index contributed by atoms with van der Waals surface area (Å²) in [5.41, 5.74) is 0. The molecule has 1 rings (SSSR count). The fourth-order valence-electron chi connectivity index (χ4n) is 1.59. The van der Waals surface area contributed by atoms with Gasteiger partial charge in [-0.1, -0.05) is 43.9 Å². The van der Waals surface area contributed by atoms with Crippen LogP contribution in [0.3, 0.4) is 0 Å². The largest absolute Gasteiger partial charge is 0.376 e. The zero-order valence-electron chi connectivity index (χ0n) is 11.0. The summed E-state index contributed by atoms with van der Waals surface area (Å²) < 4.78 is 5.63. The predicted molar refractivity (Wildman–Crippen MR) is 74.7 cm³/mol. The van der Waals surface area contributed by atoms with Crippen LogP contribution < -0.4 is 5.32 Å². The topological polar surface area (TPSA) is 34.1 Å². The van der Waals surface area contributed by atoms with E-state index < -0.39 is 0 Å². The molecule has 0 saturated heterocycles. The van der Waals surface area contributed by atoms with E-state index in [4.69, 9.17) is 4.74 Å². The summed E-state index contributed by atoms with van der Waals surface area (Å²) in [7, 11) is 0. The molecule has 17 heavy (non-hydrogen) atoms. The quantitative estimate of drug-likeness (QED) is 0.641. The Hall–Kier alpha value is -0.610. The second-order valence-corrected chi connectivity index (χ2v) is 5.24. The first kappa shape index (κ1) is 14.5. The smallest absolute Gasteiger partial charge is 0.182 e. The Morgan fingerprint density at radius 2 is 2.06 bits per heavy atom. The number of thiazole rings is 1. The van der Waals surface area contributed by atoms with Gasteiger partial charge in [-0.3, -0.25) is 0 Å². The minimum atomic E-state index is 0.705. The molecule has 1 N–H and O–H groups in total. The third-order valence-electron chi connectivity index (χ3n) is 2.52. The normalized spacial score (nSPS) is 10.7. The fraction of sp³-hybridized carbons (Fsp3) is 0.769. The third-order valence-corrected chi connectivity index (χ3v) is 3.45. The summed E-state index contributed by atoms with van der Waals surface area (Å²) in [5, 5.41) is 4.20. The number of nitrogens with one attached hydrogen (secondary N) is 1. The molecule has 0 amide bonds. The van der Waals surface area contributed by atoms with Gasteiger partial charge in [-0.25, -0.2) is 4.98 Å². The molecular formula is C13H24N2OS. The van der Waals surface area contributed by atoms with Crippen molar-refractivity contribution in [2.24, 2.45) is 0 Å². The van der Waals surface area contributed by atoms with Gasteiger partial charge in [-0.2, -0.15) is 0 Å². The molecule has 0 bridgehead atoms. The lowest BCUT2D eigenvalue weighted by molar-refractivity contribution is 0.118. The maximum Gasteiger partial charge on any atom is 0.182 e. The first-order valence-corrected chi connectivity index (χ1v) is 7.44. The molecule has 0 aliphatic heterocycles. The minimum Gasteiger partial charge on any atom is -0.376 e. The highest BCUT2D eigenvalue weighted by Crippen LogP contribution is 2.18. The summed E-state index contributed by atoms with van der Waals surface area (Å²) in [6, 6.07) is 0. The van der Waals surface area contributed by atoms with E-state index in [1.807, 2.05) is 6.20 Å². The minimum absolute atomic E-state index is 0.705. The molecule has 1 heterocycles. The van der Waals surface area contributed by atoms with Gasteiger partial charge in [0.1, 0.15) is 0 Å². The van der Waals surface area contributed by atoms with E-state index in [0.29, 0.717) is 6.61 Å². The molecule has 1 aromatic heterocycles. The molecule has 98 valence electrons. The Kier molecular flexibility index (Phi) is 8.01. The Balaban J connectivity index is 2.01. The van der Waals surface area contributed by atoms with Crippen LogP contribution in [0.4, 0.5) is 5.13 Å². The van der Waals surface area contributed by atoms with Crippen molar-refractivity contribution in [1.29, 1.82) is 0 Å². The highest BCUT2D eigenvalue weighted by atomic mass is 32.1. The van der Waals surface area contributed by atoms with Gasteiger partial charge in [0.2, 0.25) is 0 Å². The molecule has 0 aromatic carbocycles. The first-order chi connectivity index (χ1) is 8.36. The highest BCUT2D eigenvalue weighted by molar-refractivity contribution is 7.15. The molecule has 0 unspecified atom stereocenters. The molecule has 0 atom stereocenters. The zero-order valence-corrected chi connectivity index (χ0v) is 11.8. The number of nitrogens with zero attached hydrogens (tertiary/aromatic N) is 1.